The van der Waals surface area contributed by atoms with Crippen molar-refractivity contribution in [3.8, 4) is 11.3 Å². The van der Waals surface area contributed by atoms with Crippen molar-refractivity contribution in [1.82, 2.24) is 29.7 Å². The first-order chi connectivity index (χ1) is 21.2. The van der Waals surface area contributed by atoms with E-state index < -0.39 is 29.3 Å². The lowest BCUT2D eigenvalue weighted by atomic mass is 10.0. The molecule has 3 aliphatic rings. The number of benzene rings is 1. The van der Waals surface area contributed by atoms with E-state index in [1.165, 1.54) is 6.20 Å². The topological polar surface area (TPSA) is 128 Å². The summed E-state index contributed by atoms with van der Waals surface area (Å²) in [4.78, 5) is 44.5. The van der Waals surface area contributed by atoms with Gasteiger partial charge in [-0.25, -0.2) is 28.1 Å². The summed E-state index contributed by atoms with van der Waals surface area (Å²) in [6.45, 7) is 0.893. The molecule has 226 valence electrons. The smallest absolute Gasteiger partial charge is 0.276 e. The van der Waals surface area contributed by atoms with Crippen LogP contribution in [0, 0.1) is 17.7 Å². The Balaban J connectivity index is 1.09. The van der Waals surface area contributed by atoms with Crippen molar-refractivity contribution < 1.29 is 27.5 Å². The van der Waals surface area contributed by atoms with E-state index in [1.54, 1.807) is 28.2 Å². The normalized spacial score (nSPS) is 19.0. The van der Waals surface area contributed by atoms with Crippen LogP contribution in [0.15, 0.2) is 43.1 Å². The standard InChI is InChI=1S/C29H24ClF3N8O3/c30-20-4-3-18(26(32)33)23(24(20)31)21-9-34-22(13-44-17-1-2-17)25(39-21)27(42)38-16-8-37-40(12-16)10-14-6-35-29(36-7-14)41-11-15-5-19(15)28(41)43/h3-4,6-9,12,15,17,19,26H,1-2,5,10-11,13H2,(H,38,42)/t15-,19-/m1/s1. The number of alkyl halides is 2. The summed E-state index contributed by atoms with van der Waals surface area (Å²) in [6.07, 6.45) is 7.08. The lowest BCUT2D eigenvalue weighted by Gasteiger charge is -2.15. The van der Waals surface area contributed by atoms with Gasteiger partial charge in [-0.15, -0.1) is 0 Å². The van der Waals surface area contributed by atoms with Crippen LogP contribution in [-0.4, -0.2) is 54.2 Å². The van der Waals surface area contributed by atoms with E-state index in [0.29, 0.717) is 24.1 Å². The van der Waals surface area contributed by atoms with E-state index in [4.69, 9.17) is 16.3 Å². The molecule has 2 amide bonds. The summed E-state index contributed by atoms with van der Waals surface area (Å²) in [7, 11) is 0. The minimum atomic E-state index is -3.02. The largest absolute Gasteiger partial charge is 0.372 e. The Morgan fingerprint density at radius 3 is 2.64 bits per heavy atom. The van der Waals surface area contributed by atoms with Crippen LogP contribution < -0.4 is 10.2 Å². The molecule has 2 atom stereocenters. The van der Waals surface area contributed by atoms with Gasteiger partial charge >= 0.3 is 0 Å². The number of nitrogens with one attached hydrogen (secondary N) is 1. The Kier molecular flexibility index (Phi) is 7.25. The summed E-state index contributed by atoms with van der Waals surface area (Å²) in [6, 6.07) is 2.05. The van der Waals surface area contributed by atoms with Crippen LogP contribution in [-0.2, 0) is 22.7 Å². The average molecular weight is 625 g/mol. The fraction of sp³-hybridized carbons (Fsp3) is 0.345. The fourth-order valence-electron chi connectivity index (χ4n) is 5.18. The van der Waals surface area contributed by atoms with Gasteiger partial charge in [0.15, 0.2) is 11.5 Å². The Hall–Kier alpha value is -4.43. The summed E-state index contributed by atoms with van der Waals surface area (Å²) in [5.41, 5.74) is -0.438. The van der Waals surface area contributed by atoms with Gasteiger partial charge in [-0.05, 0) is 31.2 Å². The molecule has 0 spiro atoms. The molecule has 1 N–H and O–H groups in total. The van der Waals surface area contributed by atoms with Crippen molar-refractivity contribution in [1.29, 1.82) is 0 Å². The maximum absolute atomic E-state index is 15.0. The van der Waals surface area contributed by atoms with Crippen molar-refractivity contribution in [3.05, 3.63) is 76.5 Å². The molecule has 0 bridgehead atoms. The van der Waals surface area contributed by atoms with Gasteiger partial charge in [0, 0.05) is 47.7 Å². The highest BCUT2D eigenvalue weighted by molar-refractivity contribution is 6.31. The van der Waals surface area contributed by atoms with E-state index in [1.807, 2.05) is 0 Å². The van der Waals surface area contributed by atoms with Crippen LogP contribution in [0.1, 0.15) is 53.0 Å². The number of carbonyl (C=O) groups excluding carboxylic acids is 2. The fourth-order valence-corrected chi connectivity index (χ4v) is 5.34. The zero-order valence-electron chi connectivity index (χ0n) is 23.0. The molecule has 11 nitrogen and oxygen atoms in total. The first kappa shape index (κ1) is 28.3. The van der Waals surface area contributed by atoms with Crippen LogP contribution in [0.25, 0.3) is 11.3 Å². The Morgan fingerprint density at radius 1 is 1.14 bits per heavy atom. The number of fused-ring (bicyclic) bond motifs is 1. The summed E-state index contributed by atoms with van der Waals surface area (Å²) in [5.74, 6) is -0.835. The molecule has 44 heavy (non-hydrogen) atoms. The Bertz CT molecular complexity index is 1770. The highest BCUT2D eigenvalue weighted by Crippen LogP contribution is 2.46. The maximum Gasteiger partial charge on any atom is 0.276 e. The third-order valence-electron chi connectivity index (χ3n) is 7.75. The van der Waals surface area contributed by atoms with Gasteiger partial charge < -0.3 is 10.1 Å². The van der Waals surface area contributed by atoms with Crippen molar-refractivity contribution in [2.75, 3.05) is 16.8 Å². The number of nitrogens with zero attached hydrogens (tertiary/aromatic N) is 7. The molecule has 1 aromatic carbocycles. The number of rotatable bonds is 10. The number of hydrogen-bond acceptors (Lipinski definition) is 8. The van der Waals surface area contributed by atoms with Gasteiger partial charge in [0.1, 0.15) is 0 Å². The molecule has 4 heterocycles. The molecular weight excluding hydrogens is 601 g/mol. The monoisotopic (exact) mass is 624 g/mol. The SMILES string of the molecule is O=C(Nc1cnn(Cc2cnc(N3C[C@H]4C[C@H]4C3=O)nc2)c1)c1nc(-c2c(C(F)F)ccc(Cl)c2F)cnc1COC1CC1. The van der Waals surface area contributed by atoms with Crippen LogP contribution in [0.5, 0.6) is 0 Å². The zero-order chi connectivity index (χ0) is 30.5. The lowest BCUT2D eigenvalue weighted by molar-refractivity contribution is -0.118. The second-order valence-electron chi connectivity index (χ2n) is 11.0. The number of anilines is 2. The third kappa shape index (κ3) is 5.62. The Morgan fingerprint density at radius 2 is 1.93 bits per heavy atom. The lowest BCUT2D eigenvalue weighted by Crippen LogP contribution is -2.29. The predicted octanol–water partition coefficient (Wildman–Crippen LogP) is 4.82. The molecule has 2 saturated carbocycles. The molecule has 3 aromatic heterocycles. The first-order valence-corrected chi connectivity index (χ1v) is 14.3. The quantitative estimate of drug-likeness (QED) is 0.266. The molecule has 2 aliphatic carbocycles. The minimum absolute atomic E-state index is 0.0416. The van der Waals surface area contributed by atoms with Crippen molar-refractivity contribution >= 4 is 35.1 Å². The molecule has 0 unspecified atom stereocenters. The molecular formula is C29H24ClF3N8O3. The zero-order valence-corrected chi connectivity index (χ0v) is 23.7. The molecule has 0 radical (unpaired) electrons. The van der Waals surface area contributed by atoms with Gasteiger partial charge in [-0.3, -0.25) is 24.2 Å². The molecule has 1 saturated heterocycles. The van der Waals surface area contributed by atoms with Crippen molar-refractivity contribution in [2.45, 2.75) is 44.9 Å². The van der Waals surface area contributed by atoms with E-state index in [0.717, 1.165) is 43.2 Å². The highest BCUT2D eigenvalue weighted by Gasteiger charge is 2.53. The second-order valence-corrected chi connectivity index (χ2v) is 11.4. The van der Waals surface area contributed by atoms with Gasteiger partial charge in [0.25, 0.3) is 12.3 Å². The van der Waals surface area contributed by atoms with Crippen molar-refractivity contribution in [2.24, 2.45) is 11.8 Å². The van der Waals surface area contributed by atoms with Gasteiger partial charge in [0.05, 0.1) is 53.7 Å². The van der Waals surface area contributed by atoms with E-state index in [9.17, 15) is 22.8 Å². The summed E-state index contributed by atoms with van der Waals surface area (Å²) in [5, 5.41) is 6.58. The summed E-state index contributed by atoms with van der Waals surface area (Å²) >= 11 is 5.88. The van der Waals surface area contributed by atoms with Crippen molar-refractivity contribution in [3.63, 3.8) is 0 Å². The minimum Gasteiger partial charge on any atom is -0.372 e. The third-order valence-corrected chi connectivity index (χ3v) is 8.05. The summed E-state index contributed by atoms with van der Waals surface area (Å²) < 4.78 is 49.7. The molecule has 7 rings (SSSR count). The van der Waals surface area contributed by atoms with Gasteiger partial charge in [0.2, 0.25) is 11.9 Å². The second kappa shape index (κ2) is 11.2. The molecule has 4 aromatic rings. The van der Waals surface area contributed by atoms with Crippen LogP contribution >= 0.6 is 11.6 Å². The van der Waals surface area contributed by atoms with Crippen LogP contribution in [0.2, 0.25) is 5.02 Å². The molecule has 1 aliphatic heterocycles. The number of carbonyl (C=O) groups is 2. The van der Waals surface area contributed by atoms with Crippen LogP contribution in [0.3, 0.4) is 0 Å². The average Bonchev–Trinajstić information content (AvgIpc) is 3.93. The molecule has 3 fully saturated rings. The van der Waals surface area contributed by atoms with Crippen LogP contribution in [0.4, 0.5) is 24.8 Å². The maximum atomic E-state index is 15.0. The van der Waals surface area contributed by atoms with E-state index >= 15 is 0 Å². The highest BCUT2D eigenvalue weighted by atomic mass is 35.5. The van der Waals surface area contributed by atoms with E-state index in [2.05, 4.69) is 30.4 Å². The number of ether oxygens (including phenoxy) is 1. The number of halogens is 4. The van der Waals surface area contributed by atoms with E-state index in [-0.39, 0.29) is 53.2 Å². The molecule has 15 heteroatoms. The first-order valence-electron chi connectivity index (χ1n) is 13.9. The van der Waals surface area contributed by atoms with Gasteiger partial charge in [-0.1, -0.05) is 17.7 Å². The number of piperidine rings is 1. The predicted molar refractivity (Wildman–Crippen MR) is 150 cm³/mol. The number of hydrogen-bond donors (Lipinski definition) is 1. The number of amides is 2. The number of aromatic nitrogens is 6. The Labute approximate surface area is 253 Å². The van der Waals surface area contributed by atoms with Gasteiger partial charge in [-0.2, -0.15) is 5.10 Å².